The van der Waals surface area contributed by atoms with Gasteiger partial charge in [-0.2, -0.15) is 0 Å². The molecule has 0 radical (unpaired) electrons. The van der Waals surface area contributed by atoms with Crippen LogP contribution < -0.4 is 5.32 Å². The van der Waals surface area contributed by atoms with Crippen LogP contribution in [0, 0.1) is 11.6 Å². The largest absolute Gasteiger partial charge is 0.394 e. The Morgan fingerprint density at radius 3 is 2.62 bits per heavy atom. The second-order valence-corrected chi connectivity index (χ2v) is 4.36. The van der Waals surface area contributed by atoms with Gasteiger partial charge in [-0.1, -0.05) is 12.1 Å². The van der Waals surface area contributed by atoms with E-state index >= 15 is 0 Å². The predicted molar refractivity (Wildman–Crippen MR) is 56.9 cm³/mol. The fraction of sp³-hybridized carbons (Fsp3) is 0.500. The molecule has 88 valence electrons. The van der Waals surface area contributed by atoms with Crippen molar-refractivity contribution in [1.82, 2.24) is 5.32 Å². The Labute approximate surface area is 93.3 Å². The molecule has 1 aliphatic rings. The second-order valence-electron chi connectivity index (χ2n) is 4.36. The number of hydrogen-bond donors (Lipinski definition) is 2. The molecule has 0 spiro atoms. The summed E-state index contributed by atoms with van der Waals surface area (Å²) in [7, 11) is 0. The first-order chi connectivity index (χ1) is 7.67. The standard InChI is InChI=1S/C12H15F2NO/c13-10-4-1-3-9(11(10)14)7-15-12(8-16)5-2-6-12/h1,3-4,15-16H,2,5-8H2. The Morgan fingerprint density at radius 2 is 2.06 bits per heavy atom. The third kappa shape index (κ3) is 2.08. The van der Waals surface area contributed by atoms with Gasteiger partial charge in [0.05, 0.1) is 6.61 Å². The third-order valence-corrected chi connectivity index (χ3v) is 3.30. The zero-order valence-corrected chi connectivity index (χ0v) is 8.97. The predicted octanol–water partition coefficient (Wildman–Crippen LogP) is 1.97. The Hall–Kier alpha value is -1.00. The van der Waals surface area contributed by atoms with E-state index in [0.717, 1.165) is 25.3 Å². The van der Waals surface area contributed by atoms with Crippen molar-refractivity contribution < 1.29 is 13.9 Å². The van der Waals surface area contributed by atoms with Crippen LogP contribution in [0.5, 0.6) is 0 Å². The van der Waals surface area contributed by atoms with E-state index in [1.54, 1.807) is 6.07 Å². The third-order valence-electron chi connectivity index (χ3n) is 3.30. The summed E-state index contributed by atoms with van der Waals surface area (Å²) in [6.07, 6.45) is 2.85. The average molecular weight is 227 g/mol. The van der Waals surface area contributed by atoms with Gasteiger partial charge in [-0.15, -0.1) is 0 Å². The van der Waals surface area contributed by atoms with Gasteiger partial charge in [0, 0.05) is 17.6 Å². The summed E-state index contributed by atoms with van der Waals surface area (Å²) in [5, 5.41) is 12.3. The van der Waals surface area contributed by atoms with Crippen LogP contribution in [0.15, 0.2) is 18.2 Å². The summed E-state index contributed by atoms with van der Waals surface area (Å²) in [6.45, 7) is 0.300. The molecular weight excluding hydrogens is 212 g/mol. The highest BCUT2D eigenvalue weighted by atomic mass is 19.2. The lowest BCUT2D eigenvalue weighted by atomic mass is 9.77. The van der Waals surface area contributed by atoms with Crippen molar-refractivity contribution in [3.8, 4) is 0 Å². The number of aliphatic hydroxyl groups is 1. The summed E-state index contributed by atoms with van der Waals surface area (Å²) in [4.78, 5) is 0. The zero-order chi connectivity index (χ0) is 11.6. The number of rotatable bonds is 4. The van der Waals surface area contributed by atoms with E-state index in [9.17, 15) is 13.9 Å². The number of nitrogens with one attached hydrogen (secondary N) is 1. The number of hydrogen-bond acceptors (Lipinski definition) is 2. The molecule has 0 aromatic heterocycles. The zero-order valence-electron chi connectivity index (χ0n) is 8.97. The molecule has 0 unspecified atom stereocenters. The van der Waals surface area contributed by atoms with Crippen LogP contribution in [0.2, 0.25) is 0 Å². The first-order valence-corrected chi connectivity index (χ1v) is 5.46. The van der Waals surface area contributed by atoms with Gasteiger partial charge in [-0.05, 0) is 25.3 Å². The van der Waals surface area contributed by atoms with Crippen molar-refractivity contribution in [3.63, 3.8) is 0 Å². The van der Waals surface area contributed by atoms with Crippen molar-refractivity contribution in [2.75, 3.05) is 6.61 Å². The van der Waals surface area contributed by atoms with E-state index in [2.05, 4.69) is 5.32 Å². The molecule has 1 fully saturated rings. The molecule has 1 aliphatic carbocycles. The van der Waals surface area contributed by atoms with Crippen molar-refractivity contribution in [3.05, 3.63) is 35.4 Å². The SMILES string of the molecule is OCC1(NCc2cccc(F)c2F)CCC1. The van der Waals surface area contributed by atoms with Crippen LogP contribution in [-0.2, 0) is 6.54 Å². The van der Waals surface area contributed by atoms with E-state index < -0.39 is 11.6 Å². The van der Waals surface area contributed by atoms with Crippen LogP contribution >= 0.6 is 0 Å². The fourth-order valence-electron chi connectivity index (χ4n) is 1.96. The maximum atomic E-state index is 13.3. The van der Waals surface area contributed by atoms with Gasteiger partial charge in [0.1, 0.15) is 0 Å². The van der Waals surface area contributed by atoms with E-state index in [0.29, 0.717) is 5.56 Å². The molecule has 16 heavy (non-hydrogen) atoms. The highest BCUT2D eigenvalue weighted by Crippen LogP contribution is 2.31. The molecular formula is C12H15F2NO. The minimum absolute atomic E-state index is 0.0456. The lowest BCUT2D eigenvalue weighted by Crippen LogP contribution is -2.53. The lowest BCUT2D eigenvalue weighted by Gasteiger charge is -2.41. The molecule has 1 aromatic carbocycles. The van der Waals surface area contributed by atoms with Gasteiger partial charge in [0.25, 0.3) is 0 Å². The quantitative estimate of drug-likeness (QED) is 0.824. The minimum atomic E-state index is -0.828. The minimum Gasteiger partial charge on any atom is -0.394 e. The van der Waals surface area contributed by atoms with E-state index in [4.69, 9.17) is 0 Å². The highest BCUT2D eigenvalue weighted by Gasteiger charge is 2.35. The van der Waals surface area contributed by atoms with E-state index in [1.807, 2.05) is 0 Å². The van der Waals surface area contributed by atoms with E-state index in [-0.39, 0.29) is 18.7 Å². The van der Waals surface area contributed by atoms with Crippen LogP contribution in [0.1, 0.15) is 24.8 Å². The maximum Gasteiger partial charge on any atom is 0.163 e. The van der Waals surface area contributed by atoms with Crippen molar-refractivity contribution in [2.45, 2.75) is 31.3 Å². The maximum absolute atomic E-state index is 13.3. The average Bonchev–Trinajstić information content (AvgIpc) is 2.23. The summed E-state index contributed by atoms with van der Waals surface area (Å²) in [5.41, 5.74) is 0.0263. The van der Waals surface area contributed by atoms with Crippen molar-refractivity contribution >= 4 is 0 Å². The molecule has 0 aliphatic heterocycles. The van der Waals surface area contributed by atoms with Crippen molar-refractivity contribution in [1.29, 1.82) is 0 Å². The molecule has 2 rings (SSSR count). The smallest absolute Gasteiger partial charge is 0.163 e. The molecule has 2 N–H and O–H groups in total. The summed E-state index contributed by atoms with van der Waals surface area (Å²) in [6, 6.07) is 4.14. The summed E-state index contributed by atoms with van der Waals surface area (Å²) in [5.74, 6) is -1.63. The summed E-state index contributed by atoms with van der Waals surface area (Å²) >= 11 is 0. The van der Waals surface area contributed by atoms with Gasteiger partial charge in [0.15, 0.2) is 11.6 Å². The first kappa shape index (κ1) is 11.5. The van der Waals surface area contributed by atoms with Crippen LogP contribution in [0.3, 0.4) is 0 Å². The first-order valence-electron chi connectivity index (χ1n) is 5.46. The molecule has 0 atom stereocenters. The Kier molecular flexibility index (Phi) is 3.21. The van der Waals surface area contributed by atoms with Gasteiger partial charge < -0.3 is 10.4 Å². The normalized spacial score (nSPS) is 18.2. The molecule has 1 saturated carbocycles. The molecule has 0 saturated heterocycles. The molecule has 0 amide bonds. The summed E-state index contributed by atoms with van der Waals surface area (Å²) < 4.78 is 26.2. The molecule has 4 heteroatoms. The Morgan fingerprint density at radius 1 is 1.31 bits per heavy atom. The van der Waals surface area contributed by atoms with Gasteiger partial charge in [-0.3, -0.25) is 0 Å². The lowest BCUT2D eigenvalue weighted by molar-refractivity contribution is 0.0868. The van der Waals surface area contributed by atoms with Gasteiger partial charge >= 0.3 is 0 Å². The van der Waals surface area contributed by atoms with E-state index in [1.165, 1.54) is 6.07 Å². The van der Waals surface area contributed by atoms with Crippen LogP contribution in [-0.4, -0.2) is 17.3 Å². The number of halogens is 2. The van der Waals surface area contributed by atoms with Crippen molar-refractivity contribution in [2.24, 2.45) is 0 Å². The highest BCUT2D eigenvalue weighted by molar-refractivity contribution is 5.19. The second kappa shape index (κ2) is 4.47. The monoisotopic (exact) mass is 227 g/mol. The number of aliphatic hydroxyl groups excluding tert-OH is 1. The van der Waals surface area contributed by atoms with Gasteiger partial charge in [-0.25, -0.2) is 8.78 Å². The molecule has 1 aromatic rings. The topological polar surface area (TPSA) is 32.3 Å². The van der Waals surface area contributed by atoms with Crippen LogP contribution in [0.4, 0.5) is 8.78 Å². The molecule has 0 heterocycles. The van der Waals surface area contributed by atoms with Crippen LogP contribution in [0.25, 0.3) is 0 Å². The van der Waals surface area contributed by atoms with Gasteiger partial charge in [0.2, 0.25) is 0 Å². The fourth-order valence-corrected chi connectivity index (χ4v) is 1.96. The Balaban J connectivity index is 2.02. The molecule has 0 bridgehead atoms. The number of benzene rings is 1. The Bertz CT molecular complexity index is 372. The molecule has 2 nitrogen and oxygen atoms in total.